The smallest absolute Gasteiger partial charge is 0.238 e. The number of hydrogen-bond acceptors (Lipinski definition) is 4. The molecule has 0 aliphatic rings. The van der Waals surface area contributed by atoms with Gasteiger partial charge >= 0.3 is 0 Å². The monoisotopic (exact) mass is 347 g/mol. The van der Waals surface area contributed by atoms with Crippen LogP contribution in [0.5, 0.6) is 11.6 Å². The molecule has 116 valence electrons. The van der Waals surface area contributed by atoms with Crippen LogP contribution in [-0.4, -0.2) is 15.9 Å². The first-order valence-corrected chi connectivity index (χ1v) is 7.44. The molecule has 5 nitrogen and oxygen atoms in total. The highest BCUT2D eigenvalue weighted by Gasteiger charge is 2.06. The van der Waals surface area contributed by atoms with Crippen LogP contribution in [0.3, 0.4) is 0 Å². The molecule has 1 aromatic heterocycles. The van der Waals surface area contributed by atoms with Gasteiger partial charge in [-0.15, -0.1) is 0 Å². The van der Waals surface area contributed by atoms with Gasteiger partial charge in [-0.1, -0.05) is 23.2 Å². The zero-order valence-electron chi connectivity index (χ0n) is 12.0. The van der Waals surface area contributed by atoms with Crippen LogP contribution in [0.2, 0.25) is 10.0 Å². The molecule has 0 radical (unpaired) electrons. The van der Waals surface area contributed by atoms with Crippen molar-refractivity contribution < 1.29 is 9.53 Å². The third-order valence-electron chi connectivity index (χ3n) is 2.96. The molecule has 0 aliphatic heterocycles. The second-order valence-electron chi connectivity index (χ2n) is 4.77. The zero-order valence-corrected chi connectivity index (χ0v) is 13.5. The second-order valence-corrected chi connectivity index (χ2v) is 5.59. The molecule has 1 heterocycles. The minimum absolute atomic E-state index is 0.130. The van der Waals surface area contributed by atoms with Crippen molar-refractivity contribution >= 4 is 45.8 Å². The first-order valence-electron chi connectivity index (χ1n) is 6.68. The topological polar surface area (TPSA) is 64.1 Å². The fraction of sp³-hybridized carbons (Fsp3) is 0.0625. The Morgan fingerprint density at radius 3 is 2.39 bits per heavy atom. The van der Waals surface area contributed by atoms with Crippen LogP contribution < -0.4 is 10.1 Å². The van der Waals surface area contributed by atoms with Crippen LogP contribution in [-0.2, 0) is 4.79 Å². The van der Waals surface area contributed by atoms with Gasteiger partial charge in [0.25, 0.3) is 0 Å². The highest BCUT2D eigenvalue weighted by atomic mass is 35.5. The van der Waals surface area contributed by atoms with Crippen molar-refractivity contribution in [1.82, 2.24) is 9.97 Å². The van der Waals surface area contributed by atoms with Crippen LogP contribution in [0.15, 0.2) is 42.6 Å². The number of nitrogens with zero attached hydrogens (tertiary/aromatic N) is 2. The fourth-order valence-corrected chi connectivity index (χ4v) is 2.29. The average Bonchev–Trinajstić information content (AvgIpc) is 2.50. The van der Waals surface area contributed by atoms with Gasteiger partial charge in [-0.05, 0) is 36.4 Å². The first-order chi connectivity index (χ1) is 11.0. The number of ether oxygens (including phenoxy) is 1. The Bertz CT molecular complexity index is 882. The molecule has 23 heavy (non-hydrogen) atoms. The van der Waals surface area contributed by atoms with E-state index in [-0.39, 0.29) is 5.91 Å². The Kier molecular flexibility index (Phi) is 4.32. The number of carbonyl (C=O) groups is 1. The Balaban J connectivity index is 1.83. The summed E-state index contributed by atoms with van der Waals surface area (Å²) in [6.07, 6.45) is 1.51. The standard InChI is InChI=1S/C16H11Cl2N3O2/c1-9(22)20-10-2-4-11(5-3-10)23-16-8-19-14-6-12(17)13(18)7-15(14)21-16/h2-8H,1H3,(H,20,22). The quantitative estimate of drug-likeness (QED) is 0.746. The van der Waals surface area contributed by atoms with Gasteiger partial charge in [0.1, 0.15) is 5.75 Å². The van der Waals surface area contributed by atoms with Crippen molar-refractivity contribution in [2.24, 2.45) is 0 Å². The molecular weight excluding hydrogens is 337 g/mol. The van der Waals surface area contributed by atoms with Gasteiger partial charge < -0.3 is 10.1 Å². The van der Waals surface area contributed by atoms with Crippen LogP contribution in [0, 0.1) is 0 Å². The van der Waals surface area contributed by atoms with E-state index in [4.69, 9.17) is 27.9 Å². The largest absolute Gasteiger partial charge is 0.437 e. The van der Waals surface area contributed by atoms with Crippen molar-refractivity contribution in [3.05, 3.63) is 52.6 Å². The minimum Gasteiger partial charge on any atom is -0.437 e. The van der Waals surface area contributed by atoms with E-state index in [1.165, 1.54) is 13.1 Å². The van der Waals surface area contributed by atoms with E-state index in [0.29, 0.717) is 38.4 Å². The lowest BCUT2D eigenvalue weighted by atomic mass is 10.3. The van der Waals surface area contributed by atoms with Crippen LogP contribution in [0.4, 0.5) is 5.69 Å². The maximum atomic E-state index is 11.0. The lowest BCUT2D eigenvalue weighted by Crippen LogP contribution is -2.05. The van der Waals surface area contributed by atoms with E-state index in [1.807, 2.05) is 0 Å². The number of nitrogens with one attached hydrogen (secondary N) is 1. The molecule has 1 amide bonds. The molecule has 0 spiro atoms. The third kappa shape index (κ3) is 3.70. The van der Waals surface area contributed by atoms with Crippen molar-refractivity contribution in [3.8, 4) is 11.6 Å². The maximum absolute atomic E-state index is 11.0. The predicted molar refractivity (Wildman–Crippen MR) is 90.4 cm³/mol. The molecule has 0 bridgehead atoms. The number of halogens is 2. The lowest BCUT2D eigenvalue weighted by molar-refractivity contribution is -0.114. The van der Waals surface area contributed by atoms with Crippen LogP contribution >= 0.6 is 23.2 Å². The molecule has 3 rings (SSSR count). The van der Waals surface area contributed by atoms with Crippen molar-refractivity contribution in [3.63, 3.8) is 0 Å². The summed E-state index contributed by atoms with van der Waals surface area (Å²) in [6, 6.07) is 10.2. The fourth-order valence-electron chi connectivity index (χ4n) is 1.97. The summed E-state index contributed by atoms with van der Waals surface area (Å²) >= 11 is 11.9. The SMILES string of the molecule is CC(=O)Nc1ccc(Oc2cnc3cc(Cl)c(Cl)cc3n2)cc1. The van der Waals surface area contributed by atoms with Gasteiger partial charge in [0.15, 0.2) is 0 Å². The number of rotatable bonds is 3. The van der Waals surface area contributed by atoms with Crippen LogP contribution in [0.25, 0.3) is 11.0 Å². The summed E-state index contributed by atoms with van der Waals surface area (Å²) < 4.78 is 5.65. The average molecular weight is 348 g/mol. The van der Waals surface area contributed by atoms with Gasteiger partial charge in [0.05, 0.1) is 27.3 Å². The van der Waals surface area contributed by atoms with Gasteiger partial charge in [-0.25, -0.2) is 9.97 Å². The van der Waals surface area contributed by atoms with Crippen molar-refractivity contribution in [1.29, 1.82) is 0 Å². The summed E-state index contributed by atoms with van der Waals surface area (Å²) in [5.74, 6) is 0.783. The van der Waals surface area contributed by atoms with E-state index >= 15 is 0 Å². The Morgan fingerprint density at radius 1 is 1.09 bits per heavy atom. The molecule has 0 atom stereocenters. The van der Waals surface area contributed by atoms with E-state index in [0.717, 1.165) is 0 Å². The molecular formula is C16H11Cl2N3O2. The summed E-state index contributed by atoms with van der Waals surface area (Å²) in [5.41, 5.74) is 1.91. The summed E-state index contributed by atoms with van der Waals surface area (Å²) in [7, 11) is 0. The molecule has 1 N–H and O–H groups in total. The predicted octanol–water partition coefficient (Wildman–Crippen LogP) is 4.69. The first kappa shape index (κ1) is 15.5. The van der Waals surface area contributed by atoms with Gasteiger partial charge in [-0.3, -0.25) is 4.79 Å². The summed E-state index contributed by atoms with van der Waals surface area (Å²) in [6.45, 7) is 1.45. The Morgan fingerprint density at radius 2 is 1.74 bits per heavy atom. The zero-order chi connectivity index (χ0) is 16.4. The minimum atomic E-state index is -0.130. The Hall–Kier alpha value is -2.37. The molecule has 0 fully saturated rings. The second kappa shape index (κ2) is 6.40. The molecule has 0 aliphatic carbocycles. The van der Waals surface area contributed by atoms with Gasteiger partial charge in [-0.2, -0.15) is 0 Å². The molecule has 7 heteroatoms. The lowest BCUT2D eigenvalue weighted by Gasteiger charge is -2.07. The number of fused-ring (bicyclic) bond motifs is 1. The molecule has 3 aromatic rings. The number of benzene rings is 2. The molecule has 0 unspecified atom stereocenters. The molecule has 0 saturated carbocycles. The summed E-state index contributed by atoms with van der Waals surface area (Å²) in [4.78, 5) is 19.6. The van der Waals surface area contributed by atoms with Gasteiger partial charge in [0.2, 0.25) is 11.8 Å². The number of hydrogen-bond donors (Lipinski definition) is 1. The normalized spacial score (nSPS) is 10.6. The van der Waals surface area contributed by atoms with E-state index < -0.39 is 0 Å². The van der Waals surface area contributed by atoms with Crippen molar-refractivity contribution in [2.75, 3.05) is 5.32 Å². The number of carbonyl (C=O) groups excluding carboxylic acids is 1. The highest BCUT2D eigenvalue weighted by molar-refractivity contribution is 6.42. The van der Waals surface area contributed by atoms with Crippen LogP contribution in [0.1, 0.15) is 6.92 Å². The number of aromatic nitrogens is 2. The van der Waals surface area contributed by atoms with E-state index in [1.54, 1.807) is 36.4 Å². The molecule has 0 saturated heterocycles. The van der Waals surface area contributed by atoms with E-state index in [9.17, 15) is 4.79 Å². The maximum Gasteiger partial charge on any atom is 0.238 e. The van der Waals surface area contributed by atoms with Gasteiger partial charge in [0, 0.05) is 12.6 Å². The van der Waals surface area contributed by atoms with E-state index in [2.05, 4.69) is 15.3 Å². The highest BCUT2D eigenvalue weighted by Crippen LogP contribution is 2.28. The van der Waals surface area contributed by atoms with Crippen molar-refractivity contribution in [2.45, 2.75) is 6.92 Å². The Labute approximate surface area is 142 Å². The third-order valence-corrected chi connectivity index (χ3v) is 3.68. The molecule has 2 aromatic carbocycles. The number of anilines is 1. The summed E-state index contributed by atoms with van der Waals surface area (Å²) in [5, 5.41) is 3.52. The number of amides is 1.